The summed E-state index contributed by atoms with van der Waals surface area (Å²) in [5, 5.41) is 10.4. The van der Waals surface area contributed by atoms with E-state index in [2.05, 4.69) is 22.3 Å². The summed E-state index contributed by atoms with van der Waals surface area (Å²) in [5.74, 6) is -2.72. The third-order valence-electron chi connectivity index (χ3n) is 7.15. The number of carboxylic acids is 1. The smallest absolute Gasteiger partial charge is 0.475 e. The number of piperazine rings is 1. The van der Waals surface area contributed by atoms with Gasteiger partial charge in [0.05, 0.1) is 4.90 Å². The molecule has 2 saturated heterocycles. The number of alkyl halides is 3. The fourth-order valence-electron chi connectivity index (χ4n) is 4.96. The van der Waals surface area contributed by atoms with Crippen LogP contribution in [0.25, 0.3) is 0 Å². The zero-order chi connectivity index (χ0) is 30.0. The number of nitrogens with zero attached hydrogens (tertiary/aromatic N) is 3. The minimum absolute atomic E-state index is 0.0352. The van der Waals surface area contributed by atoms with Crippen molar-refractivity contribution in [2.45, 2.75) is 49.8 Å². The third-order valence-corrected chi connectivity index (χ3v) is 9.26. The van der Waals surface area contributed by atoms with Gasteiger partial charge in [-0.25, -0.2) is 13.2 Å². The number of hydrogen-bond donors (Lipinski definition) is 2. The average Bonchev–Trinajstić information content (AvgIpc) is 2.95. The summed E-state index contributed by atoms with van der Waals surface area (Å²) < 4.78 is 60.9. The van der Waals surface area contributed by atoms with Gasteiger partial charge >= 0.3 is 12.1 Å². The molecule has 2 aliphatic rings. The number of likely N-dealkylation sites (tertiary alicyclic amines) is 1. The highest BCUT2D eigenvalue weighted by Gasteiger charge is 2.38. The van der Waals surface area contributed by atoms with Crippen LogP contribution in [-0.4, -0.2) is 97.5 Å². The fraction of sp³-hybridized carbons (Fsp3) is 0.500. The van der Waals surface area contributed by atoms with E-state index in [1.807, 2.05) is 42.2 Å². The molecule has 0 bridgehead atoms. The first kappa shape index (κ1) is 32.5. The van der Waals surface area contributed by atoms with E-state index < -0.39 is 22.2 Å². The van der Waals surface area contributed by atoms with Crippen LogP contribution in [-0.2, 0) is 26.2 Å². The number of amides is 1. The van der Waals surface area contributed by atoms with Crippen molar-refractivity contribution in [3.8, 4) is 0 Å². The maximum Gasteiger partial charge on any atom is 0.490 e. The second-order valence-corrected chi connectivity index (χ2v) is 11.9. The zero-order valence-corrected chi connectivity index (χ0v) is 23.8. The monoisotopic (exact) mass is 598 g/mol. The molecule has 2 heterocycles. The van der Waals surface area contributed by atoms with E-state index in [0.717, 1.165) is 51.1 Å². The number of carbonyl (C=O) groups excluding carboxylic acids is 1. The van der Waals surface area contributed by atoms with Crippen molar-refractivity contribution in [2.24, 2.45) is 0 Å². The standard InChI is InChI=1S/C26H36N4O3S.C2HF3O2/c1-22-7-5-6-10-25(22)34(32,33)30(18-13-26(31)29-19-14-27-15-20-29)24-11-16-28(17-12-24)21-23-8-3-2-4-9-23;3-2(4,5)1(6)7/h2-10,24,27H,11-21H2,1H3;(H,6,7). The van der Waals surface area contributed by atoms with E-state index in [1.54, 1.807) is 16.4 Å². The highest BCUT2D eigenvalue weighted by Crippen LogP contribution is 2.27. The Morgan fingerprint density at radius 2 is 1.54 bits per heavy atom. The normalized spacial score (nSPS) is 17.1. The molecule has 2 aromatic rings. The summed E-state index contributed by atoms with van der Waals surface area (Å²) in [5.41, 5.74) is 2.01. The third kappa shape index (κ3) is 9.52. The summed E-state index contributed by atoms with van der Waals surface area (Å²) in [4.78, 5) is 26.3. The van der Waals surface area contributed by atoms with Gasteiger partial charge in [-0.1, -0.05) is 48.5 Å². The van der Waals surface area contributed by atoms with Crippen molar-refractivity contribution in [3.63, 3.8) is 0 Å². The van der Waals surface area contributed by atoms with Gasteiger partial charge in [0.25, 0.3) is 0 Å². The van der Waals surface area contributed by atoms with Crippen molar-refractivity contribution in [1.82, 2.24) is 19.4 Å². The molecule has 2 aromatic carbocycles. The number of carboxylic acid groups (broad SMARTS) is 1. The molecule has 0 spiro atoms. The molecule has 1 amide bonds. The van der Waals surface area contributed by atoms with Gasteiger partial charge in [-0.05, 0) is 37.0 Å². The van der Waals surface area contributed by atoms with E-state index in [1.165, 1.54) is 5.56 Å². The Morgan fingerprint density at radius 1 is 0.976 bits per heavy atom. The van der Waals surface area contributed by atoms with Gasteiger partial charge in [0, 0.05) is 64.8 Å². The highest BCUT2D eigenvalue weighted by atomic mass is 32.2. The minimum Gasteiger partial charge on any atom is -0.475 e. The maximum atomic E-state index is 13.8. The van der Waals surface area contributed by atoms with E-state index in [4.69, 9.17) is 9.90 Å². The van der Waals surface area contributed by atoms with Gasteiger partial charge in [0.1, 0.15) is 0 Å². The summed E-state index contributed by atoms with van der Waals surface area (Å²) >= 11 is 0. The summed E-state index contributed by atoms with van der Waals surface area (Å²) in [7, 11) is -3.70. The van der Waals surface area contributed by atoms with E-state index in [9.17, 15) is 26.4 Å². The number of nitrogens with one attached hydrogen (secondary N) is 1. The van der Waals surface area contributed by atoms with Crippen LogP contribution in [0.1, 0.15) is 30.4 Å². The zero-order valence-electron chi connectivity index (χ0n) is 23.0. The van der Waals surface area contributed by atoms with Gasteiger partial charge in [0.2, 0.25) is 15.9 Å². The first-order valence-corrected chi connectivity index (χ1v) is 15.0. The number of aliphatic carboxylic acids is 1. The molecule has 2 fully saturated rings. The summed E-state index contributed by atoms with van der Waals surface area (Å²) in [6.45, 7) is 7.55. The van der Waals surface area contributed by atoms with Gasteiger partial charge in [-0.3, -0.25) is 9.69 Å². The Hall–Kier alpha value is -3.00. The Balaban J connectivity index is 0.000000587. The van der Waals surface area contributed by atoms with E-state index >= 15 is 0 Å². The van der Waals surface area contributed by atoms with Crippen LogP contribution in [0, 0.1) is 6.92 Å². The second-order valence-electron chi connectivity index (χ2n) is 10.1. The Kier molecular flexibility index (Phi) is 11.7. The molecule has 0 aromatic heterocycles. The predicted octanol–water partition coefficient (Wildman–Crippen LogP) is 3.11. The number of aryl methyl sites for hydroxylation is 1. The van der Waals surface area contributed by atoms with Crippen molar-refractivity contribution in [2.75, 3.05) is 45.8 Å². The van der Waals surface area contributed by atoms with Gasteiger partial charge < -0.3 is 15.3 Å². The van der Waals surface area contributed by atoms with Crippen LogP contribution in [0.5, 0.6) is 0 Å². The van der Waals surface area contributed by atoms with Gasteiger partial charge in [-0.2, -0.15) is 17.5 Å². The molecular formula is C28H37F3N4O5S. The summed E-state index contributed by atoms with van der Waals surface area (Å²) in [6.07, 6.45) is -3.34. The number of piperidine rings is 1. The summed E-state index contributed by atoms with van der Waals surface area (Å²) in [6, 6.07) is 17.4. The van der Waals surface area contributed by atoms with Crippen LogP contribution in [0.4, 0.5) is 13.2 Å². The van der Waals surface area contributed by atoms with E-state index in [-0.39, 0.29) is 24.9 Å². The largest absolute Gasteiger partial charge is 0.490 e. The number of sulfonamides is 1. The second kappa shape index (κ2) is 14.8. The van der Waals surface area contributed by atoms with Crippen LogP contribution in [0.2, 0.25) is 0 Å². The highest BCUT2D eigenvalue weighted by molar-refractivity contribution is 7.89. The van der Waals surface area contributed by atoms with Gasteiger partial charge in [0.15, 0.2) is 0 Å². The minimum atomic E-state index is -5.08. The van der Waals surface area contributed by atoms with Crippen LogP contribution in [0.3, 0.4) is 0 Å². The molecule has 0 radical (unpaired) electrons. The predicted molar refractivity (Wildman–Crippen MR) is 148 cm³/mol. The first-order chi connectivity index (χ1) is 19.4. The quantitative estimate of drug-likeness (QED) is 0.481. The molecule has 0 aliphatic carbocycles. The lowest BCUT2D eigenvalue weighted by molar-refractivity contribution is -0.192. The molecule has 0 unspecified atom stereocenters. The number of benzene rings is 2. The molecule has 4 rings (SSSR count). The molecule has 0 atom stereocenters. The Labute approximate surface area is 239 Å². The number of halogens is 3. The van der Waals surface area contributed by atoms with Crippen LogP contribution in [0.15, 0.2) is 59.5 Å². The Bertz CT molecular complexity index is 1250. The van der Waals surface area contributed by atoms with Gasteiger partial charge in [-0.15, -0.1) is 0 Å². The molecule has 41 heavy (non-hydrogen) atoms. The molecule has 13 heteroatoms. The maximum absolute atomic E-state index is 13.8. The topological polar surface area (TPSA) is 110 Å². The fourth-order valence-corrected chi connectivity index (χ4v) is 6.87. The first-order valence-electron chi connectivity index (χ1n) is 13.5. The number of rotatable bonds is 8. The van der Waals surface area contributed by atoms with E-state index in [0.29, 0.717) is 18.0 Å². The molecule has 226 valence electrons. The molecule has 2 aliphatic heterocycles. The molecule has 0 saturated carbocycles. The van der Waals surface area contributed by atoms with Crippen LogP contribution < -0.4 is 5.32 Å². The molecular weight excluding hydrogens is 561 g/mol. The average molecular weight is 599 g/mol. The number of carbonyl (C=O) groups is 2. The van der Waals surface area contributed by atoms with Crippen molar-refractivity contribution < 1.29 is 36.3 Å². The van der Waals surface area contributed by atoms with Crippen molar-refractivity contribution in [3.05, 3.63) is 65.7 Å². The Morgan fingerprint density at radius 3 is 2.10 bits per heavy atom. The lowest BCUT2D eigenvalue weighted by atomic mass is 10.0. The van der Waals surface area contributed by atoms with Crippen molar-refractivity contribution >= 4 is 21.9 Å². The molecule has 2 N–H and O–H groups in total. The number of hydrogen-bond acceptors (Lipinski definition) is 6. The lowest BCUT2D eigenvalue weighted by Crippen LogP contribution is -2.50. The lowest BCUT2D eigenvalue weighted by Gasteiger charge is -2.38. The molecule has 9 nitrogen and oxygen atoms in total. The SMILES string of the molecule is Cc1ccccc1S(=O)(=O)N(CCC(=O)N1CCNCC1)C1CCN(Cc2ccccc2)CC1.O=C(O)C(F)(F)F. The van der Waals surface area contributed by atoms with Crippen LogP contribution >= 0.6 is 0 Å². The van der Waals surface area contributed by atoms with Crippen molar-refractivity contribution in [1.29, 1.82) is 0 Å².